The van der Waals surface area contributed by atoms with E-state index in [4.69, 9.17) is 37.6 Å². The highest BCUT2D eigenvalue weighted by atomic mass is 28.4. The second-order valence-electron chi connectivity index (χ2n) is 16.7. The number of benzene rings is 4. The highest BCUT2D eigenvalue weighted by Crippen LogP contribution is 2.42. The molecule has 14 heteroatoms. The van der Waals surface area contributed by atoms with Crippen molar-refractivity contribution in [3.05, 3.63) is 143 Å². The van der Waals surface area contributed by atoms with Gasteiger partial charge >= 0.3 is 0 Å². The predicted molar refractivity (Wildman–Crippen MR) is 222 cm³/mol. The standard InChI is InChI=1S/C45H55N3O10Si/c1-44(2,3)59(32-22-14-8-15-23-32,33-24-16-9-17-25-33)58-42-36(47-48-46)40(52-28-31-20-12-7-13-21-31)38(35(54-42)29-51-27-30-18-10-6-11-19-30)55-43-37(50)41-39(34(26-49)53-43)56-45(4,5)57-41/h6-25,34-43,49-50H,26-29H2,1-5H3/t34-,35-,36-,37-,38-,39+,40-,41-,42+,43+/m1/s1. The molecule has 7 rings (SSSR count). The number of aliphatic hydroxyl groups excluding tert-OH is 2. The highest BCUT2D eigenvalue weighted by Gasteiger charge is 2.59. The average molecular weight is 826 g/mol. The van der Waals surface area contributed by atoms with E-state index in [-0.39, 0.29) is 19.8 Å². The zero-order valence-corrected chi connectivity index (χ0v) is 35.2. The summed E-state index contributed by atoms with van der Waals surface area (Å²) < 4.78 is 52.9. The molecule has 0 radical (unpaired) electrons. The molecule has 4 aromatic carbocycles. The van der Waals surface area contributed by atoms with Gasteiger partial charge in [-0.2, -0.15) is 0 Å². The minimum Gasteiger partial charge on any atom is -0.394 e. The Morgan fingerprint density at radius 3 is 1.80 bits per heavy atom. The smallest absolute Gasteiger partial charge is 0.264 e. The van der Waals surface area contributed by atoms with Gasteiger partial charge < -0.3 is 47.8 Å². The summed E-state index contributed by atoms with van der Waals surface area (Å²) in [7, 11) is -3.32. The van der Waals surface area contributed by atoms with Crippen molar-refractivity contribution < 1.29 is 47.8 Å². The Labute approximate surface area is 346 Å². The van der Waals surface area contributed by atoms with Crippen molar-refractivity contribution in [2.75, 3.05) is 13.2 Å². The van der Waals surface area contributed by atoms with Crippen LogP contribution in [0.1, 0.15) is 45.7 Å². The molecule has 10 atom stereocenters. The molecule has 0 saturated carbocycles. The molecule has 3 aliphatic rings. The van der Waals surface area contributed by atoms with Gasteiger partial charge in [0.2, 0.25) is 0 Å². The predicted octanol–water partition coefficient (Wildman–Crippen LogP) is 5.75. The number of hydrogen-bond donors (Lipinski definition) is 2. The van der Waals surface area contributed by atoms with E-state index in [2.05, 4.69) is 55.1 Å². The maximum Gasteiger partial charge on any atom is 0.264 e. The van der Waals surface area contributed by atoms with E-state index in [9.17, 15) is 15.7 Å². The van der Waals surface area contributed by atoms with Crippen LogP contribution in [0.15, 0.2) is 126 Å². The van der Waals surface area contributed by atoms with Gasteiger partial charge in [0.05, 0.1) is 26.4 Å². The molecule has 13 nitrogen and oxygen atoms in total. The monoisotopic (exact) mass is 825 g/mol. The van der Waals surface area contributed by atoms with Crippen LogP contribution in [0, 0.1) is 0 Å². The van der Waals surface area contributed by atoms with E-state index in [0.717, 1.165) is 21.5 Å². The fourth-order valence-electron chi connectivity index (χ4n) is 8.43. The quantitative estimate of drug-likeness (QED) is 0.0653. The van der Waals surface area contributed by atoms with Crippen LogP contribution in [0.2, 0.25) is 5.04 Å². The Hall–Kier alpha value is -3.99. The molecule has 3 aliphatic heterocycles. The van der Waals surface area contributed by atoms with E-state index >= 15 is 0 Å². The van der Waals surface area contributed by atoms with Gasteiger partial charge in [-0.1, -0.05) is 147 Å². The van der Waals surface area contributed by atoms with Crippen molar-refractivity contribution in [3.8, 4) is 0 Å². The summed E-state index contributed by atoms with van der Waals surface area (Å²) in [6.45, 7) is 9.91. The fourth-order valence-corrected chi connectivity index (χ4v) is 13.0. The molecular formula is C45H55N3O10Si. The van der Waals surface area contributed by atoms with E-state index in [1.165, 1.54) is 0 Å². The second kappa shape index (κ2) is 18.7. The van der Waals surface area contributed by atoms with Crippen LogP contribution in [0.3, 0.4) is 0 Å². The molecule has 0 aliphatic carbocycles. The molecule has 314 valence electrons. The first-order valence-electron chi connectivity index (χ1n) is 20.2. The van der Waals surface area contributed by atoms with E-state index in [1.54, 1.807) is 13.8 Å². The summed E-state index contributed by atoms with van der Waals surface area (Å²) in [5, 5.41) is 28.1. The maximum absolute atomic E-state index is 11.8. The van der Waals surface area contributed by atoms with E-state index < -0.39 is 87.1 Å². The third-order valence-electron chi connectivity index (χ3n) is 11.1. The molecule has 3 saturated heterocycles. The zero-order chi connectivity index (χ0) is 41.6. The zero-order valence-electron chi connectivity index (χ0n) is 34.2. The van der Waals surface area contributed by atoms with Crippen molar-refractivity contribution in [3.63, 3.8) is 0 Å². The molecule has 0 unspecified atom stereocenters. The second-order valence-corrected chi connectivity index (χ2v) is 20.9. The minimum absolute atomic E-state index is 0.000702. The lowest BCUT2D eigenvalue weighted by atomic mass is 9.95. The summed E-state index contributed by atoms with van der Waals surface area (Å²) >= 11 is 0. The minimum atomic E-state index is -3.32. The van der Waals surface area contributed by atoms with E-state index in [0.29, 0.717) is 0 Å². The molecule has 4 aromatic rings. The van der Waals surface area contributed by atoms with Crippen LogP contribution < -0.4 is 10.4 Å². The number of ether oxygens (including phenoxy) is 7. The largest absolute Gasteiger partial charge is 0.394 e. The normalized spacial score (nSPS) is 29.3. The van der Waals surface area contributed by atoms with Crippen molar-refractivity contribution in [2.45, 2.75) is 120 Å². The molecule has 0 amide bonds. The topological polar surface area (TPSA) is 163 Å². The van der Waals surface area contributed by atoms with Crippen LogP contribution in [0.5, 0.6) is 0 Å². The Kier molecular flexibility index (Phi) is 13.7. The van der Waals surface area contributed by atoms with Gasteiger partial charge in [-0.25, -0.2) is 0 Å². The SMILES string of the molecule is CC1(C)O[C@@H]2[C@@H](O)[C@H](O[C@H]3[C@H](OCc4ccccc4)[C@@H](N=[N+]=[N-])[C@H](O[Si](c4ccccc4)(c4ccccc4)C(C)(C)C)O[C@@H]3COCc3ccccc3)O[C@H](CO)[C@@H]2O1. The van der Waals surface area contributed by atoms with Crippen molar-refractivity contribution >= 4 is 18.7 Å². The van der Waals surface area contributed by atoms with Gasteiger partial charge in [-0.3, -0.25) is 0 Å². The molecule has 3 heterocycles. The Balaban J connectivity index is 1.32. The number of rotatable bonds is 15. The first-order valence-corrected chi connectivity index (χ1v) is 22.1. The summed E-state index contributed by atoms with van der Waals surface area (Å²) in [5.74, 6) is -1.04. The van der Waals surface area contributed by atoms with Crippen LogP contribution >= 0.6 is 0 Å². The van der Waals surface area contributed by atoms with E-state index in [1.807, 2.05) is 97.1 Å². The highest BCUT2D eigenvalue weighted by molar-refractivity contribution is 6.99. The molecule has 0 bridgehead atoms. The van der Waals surface area contributed by atoms with Crippen LogP contribution in [0.25, 0.3) is 10.4 Å². The average Bonchev–Trinajstić information content (AvgIpc) is 3.58. The van der Waals surface area contributed by atoms with Crippen molar-refractivity contribution in [1.82, 2.24) is 0 Å². The lowest BCUT2D eigenvalue weighted by Gasteiger charge is -2.51. The van der Waals surface area contributed by atoms with Crippen LogP contribution in [-0.2, 0) is 50.8 Å². The maximum atomic E-state index is 11.8. The number of aliphatic hydroxyl groups is 2. The fraction of sp³-hybridized carbons (Fsp3) is 0.467. The lowest BCUT2D eigenvalue weighted by molar-refractivity contribution is -0.338. The molecule has 3 fully saturated rings. The van der Waals surface area contributed by atoms with Gasteiger partial charge in [0, 0.05) is 4.91 Å². The van der Waals surface area contributed by atoms with Crippen LogP contribution in [-0.4, -0.2) is 98.9 Å². The van der Waals surface area contributed by atoms with Gasteiger partial charge in [-0.15, -0.1) is 0 Å². The summed E-state index contributed by atoms with van der Waals surface area (Å²) in [5.41, 5.74) is 12.1. The lowest BCUT2D eigenvalue weighted by Crippen LogP contribution is -2.71. The van der Waals surface area contributed by atoms with Gasteiger partial charge in [0.25, 0.3) is 8.32 Å². The number of hydrogen-bond acceptors (Lipinski definition) is 11. The molecule has 2 N–H and O–H groups in total. The molecule has 0 spiro atoms. The first-order chi connectivity index (χ1) is 28.4. The summed E-state index contributed by atoms with van der Waals surface area (Å²) in [6, 6.07) is 38.5. The number of azide groups is 1. The Bertz CT molecular complexity index is 1930. The molecular weight excluding hydrogens is 771 g/mol. The molecule has 59 heavy (non-hydrogen) atoms. The van der Waals surface area contributed by atoms with Gasteiger partial charge in [0.15, 0.2) is 18.4 Å². The number of fused-ring (bicyclic) bond motifs is 1. The molecule has 0 aromatic heterocycles. The Morgan fingerprint density at radius 2 is 1.25 bits per heavy atom. The van der Waals surface area contributed by atoms with Crippen molar-refractivity contribution in [1.29, 1.82) is 0 Å². The third kappa shape index (κ3) is 9.50. The third-order valence-corrected chi connectivity index (χ3v) is 16.1. The number of nitrogens with zero attached hydrogens (tertiary/aromatic N) is 3. The Morgan fingerprint density at radius 1 is 0.729 bits per heavy atom. The van der Waals surface area contributed by atoms with Crippen LogP contribution in [0.4, 0.5) is 0 Å². The summed E-state index contributed by atoms with van der Waals surface area (Å²) in [4.78, 5) is 3.32. The van der Waals surface area contributed by atoms with Gasteiger partial charge in [-0.05, 0) is 45.9 Å². The first kappa shape index (κ1) is 43.1. The van der Waals surface area contributed by atoms with Gasteiger partial charge in [0.1, 0.15) is 48.8 Å². The van der Waals surface area contributed by atoms with Crippen molar-refractivity contribution in [2.24, 2.45) is 5.11 Å². The summed E-state index contributed by atoms with van der Waals surface area (Å²) in [6.07, 6.45) is -9.32.